The molecule has 0 aliphatic rings. The predicted octanol–water partition coefficient (Wildman–Crippen LogP) is -0.398. The van der Waals surface area contributed by atoms with Crippen molar-refractivity contribution in [3.05, 3.63) is 0 Å². The first-order valence-electron chi connectivity index (χ1n) is 2.90. The van der Waals surface area contributed by atoms with E-state index in [4.69, 9.17) is 21.9 Å². The third-order valence-corrected chi connectivity index (χ3v) is 1.26. The number of carboxylic acids is 1. The molecule has 0 rings (SSSR count). The molecular formula is C5H7ClN2O4. The molecule has 0 saturated carbocycles. The van der Waals surface area contributed by atoms with Crippen LogP contribution in [-0.2, 0) is 9.59 Å². The lowest BCUT2D eigenvalue weighted by Crippen LogP contribution is -2.27. The lowest BCUT2D eigenvalue weighted by atomic mass is 10.3. The summed E-state index contributed by atoms with van der Waals surface area (Å²) in [5, 5.41) is 19.3. The van der Waals surface area contributed by atoms with Crippen LogP contribution in [0.15, 0.2) is 5.16 Å². The highest BCUT2D eigenvalue weighted by Crippen LogP contribution is 2.00. The van der Waals surface area contributed by atoms with E-state index in [1.807, 2.05) is 5.32 Å². The van der Waals surface area contributed by atoms with Crippen LogP contribution in [-0.4, -0.2) is 33.9 Å². The largest absolute Gasteiger partial charge is 0.480 e. The number of oxime groups is 1. The SMILES string of the molecule is O=C(CC(Cl)C(=O)O)NC=NO. The lowest BCUT2D eigenvalue weighted by molar-refractivity contribution is -0.138. The van der Waals surface area contributed by atoms with Crippen molar-refractivity contribution in [1.82, 2.24) is 5.32 Å². The zero-order valence-electron chi connectivity index (χ0n) is 5.90. The lowest BCUT2D eigenvalue weighted by Gasteiger charge is -2.01. The molecule has 0 saturated heterocycles. The molecular weight excluding hydrogens is 188 g/mol. The summed E-state index contributed by atoms with van der Waals surface area (Å²) >= 11 is 5.22. The molecule has 1 atom stereocenters. The highest BCUT2D eigenvalue weighted by atomic mass is 35.5. The monoisotopic (exact) mass is 194 g/mol. The van der Waals surface area contributed by atoms with E-state index >= 15 is 0 Å². The Morgan fingerprint density at radius 3 is 2.67 bits per heavy atom. The molecule has 0 spiro atoms. The number of carbonyl (C=O) groups excluding carboxylic acids is 1. The maximum Gasteiger partial charge on any atom is 0.322 e. The maximum absolute atomic E-state index is 10.7. The summed E-state index contributed by atoms with van der Waals surface area (Å²) < 4.78 is 0. The highest BCUT2D eigenvalue weighted by Gasteiger charge is 2.17. The summed E-state index contributed by atoms with van der Waals surface area (Å²) in [4.78, 5) is 20.8. The zero-order valence-corrected chi connectivity index (χ0v) is 6.65. The van der Waals surface area contributed by atoms with Gasteiger partial charge in [-0.2, -0.15) is 0 Å². The van der Waals surface area contributed by atoms with Gasteiger partial charge in [-0.3, -0.25) is 9.59 Å². The molecule has 0 aromatic carbocycles. The van der Waals surface area contributed by atoms with E-state index in [2.05, 4.69) is 5.16 Å². The third kappa shape index (κ3) is 4.51. The topological polar surface area (TPSA) is 99.0 Å². The molecule has 0 aromatic rings. The summed E-state index contributed by atoms with van der Waals surface area (Å²) in [5.41, 5.74) is 0. The molecule has 3 N–H and O–H groups in total. The minimum absolute atomic E-state index is 0.372. The fourth-order valence-electron chi connectivity index (χ4n) is 0.410. The maximum atomic E-state index is 10.7. The quantitative estimate of drug-likeness (QED) is 0.186. The number of nitrogens with one attached hydrogen (secondary N) is 1. The average Bonchev–Trinajstić information content (AvgIpc) is 2.00. The third-order valence-electron chi connectivity index (χ3n) is 0.916. The Labute approximate surface area is 72.8 Å². The second-order valence-corrected chi connectivity index (χ2v) is 2.35. The fraction of sp³-hybridized carbons (Fsp3) is 0.400. The molecule has 68 valence electrons. The van der Waals surface area contributed by atoms with E-state index in [1.54, 1.807) is 0 Å². The van der Waals surface area contributed by atoms with Crippen molar-refractivity contribution in [3.8, 4) is 0 Å². The molecule has 0 fully saturated rings. The van der Waals surface area contributed by atoms with Crippen molar-refractivity contribution in [2.45, 2.75) is 11.8 Å². The van der Waals surface area contributed by atoms with Gasteiger partial charge in [-0.15, -0.1) is 11.6 Å². The van der Waals surface area contributed by atoms with Crippen LogP contribution in [0.25, 0.3) is 0 Å². The number of halogens is 1. The first-order chi connectivity index (χ1) is 5.57. The molecule has 0 aliphatic heterocycles. The van der Waals surface area contributed by atoms with E-state index in [9.17, 15) is 9.59 Å². The number of nitrogens with zero attached hydrogens (tertiary/aromatic N) is 1. The normalized spacial score (nSPS) is 12.8. The van der Waals surface area contributed by atoms with E-state index in [-0.39, 0.29) is 6.42 Å². The van der Waals surface area contributed by atoms with Crippen molar-refractivity contribution < 1.29 is 19.9 Å². The Kier molecular flexibility index (Phi) is 4.78. The molecule has 0 bridgehead atoms. The Morgan fingerprint density at radius 2 is 2.25 bits per heavy atom. The van der Waals surface area contributed by atoms with Gasteiger partial charge >= 0.3 is 5.97 Å². The molecule has 0 aliphatic carbocycles. The van der Waals surface area contributed by atoms with Gasteiger partial charge in [-0.1, -0.05) is 5.16 Å². The number of hydrogen-bond acceptors (Lipinski definition) is 4. The minimum Gasteiger partial charge on any atom is -0.480 e. The number of hydrogen-bond donors (Lipinski definition) is 3. The molecule has 0 aromatic heterocycles. The first kappa shape index (κ1) is 10.7. The van der Waals surface area contributed by atoms with Gasteiger partial charge in [0, 0.05) is 0 Å². The van der Waals surface area contributed by atoms with Gasteiger partial charge in [0.1, 0.15) is 11.7 Å². The van der Waals surface area contributed by atoms with Crippen LogP contribution in [0.3, 0.4) is 0 Å². The number of aliphatic carboxylic acids is 1. The first-order valence-corrected chi connectivity index (χ1v) is 3.33. The highest BCUT2D eigenvalue weighted by molar-refractivity contribution is 6.30. The van der Waals surface area contributed by atoms with Gasteiger partial charge in [-0.25, -0.2) is 0 Å². The van der Waals surface area contributed by atoms with E-state index in [1.165, 1.54) is 0 Å². The molecule has 7 heteroatoms. The fourth-order valence-corrected chi connectivity index (χ4v) is 0.550. The van der Waals surface area contributed by atoms with Crippen molar-refractivity contribution in [1.29, 1.82) is 0 Å². The number of carboxylic acid groups (broad SMARTS) is 1. The summed E-state index contributed by atoms with van der Waals surface area (Å²) in [6.45, 7) is 0. The molecule has 1 unspecified atom stereocenters. The average molecular weight is 195 g/mol. The van der Waals surface area contributed by atoms with Crippen LogP contribution in [0.2, 0.25) is 0 Å². The van der Waals surface area contributed by atoms with Gasteiger partial charge in [0.05, 0.1) is 6.42 Å². The van der Waals surface area contributed by atoms with Crippen molar-refractivity contribution in [2.75, 3.05) is 0 Å². The molecule has 1 amide bonds. The molecule has 0 heterocycles. The van der Waals surface area contributed by atoms with Crippen LogP contribution >= 0.6 is 11.6 Å². The van der Waals surface area contributed by atoms with Gasteiger partial charge < -0.3 is 15.6 Å². The Balaban J connectivity index is 3.76. The van der Waals surface area contributed by atoms with E-state index in [0.717, 1.165) is 6.34 Å². The number of alkyl halides is 1. The summed E-state index contributed by atoms with van der Waals surface area (Å²) in [6.07, 6.45) is 0.358. The number of carbonyl (C=O) groups is 2. The van der Waals surface area contributed by atoms with Crippen molar-refractivity contribution >= 4 is 29.8 Å². The Hall–Kier alpha value is -1.30. The van der Waals surface area contributed by atoms with Gasteiger partial charge in [-0.05, 0) is 0 Å². The second kappa shape index (κ2) is 5.36. The molecule has 0 radical (unpaired) electrons. The van der Waals surface area contributed by atoms with Gasteiger partial charge in [0.2, 0.25) is 5.91 Å². The second-order valence-electron chi connectivity index (χ2n) is 1.82. The summed E-state index contributed by atoms with van der Waals surface area (Å²) in [7, 11) is 0. The molecule has 12 heavy (non-hydrogen) atoms. The van der Waals surface area contributed by atoms with Crippen molar-refractivity contribution in [3.63, 3.8) is 0 Å². The van der Waals surface area contributed by atoms with E-state index in [0.29, 0.717) is 0 Å². The Morgan fingerprint density at radius 1 is 1.67 bits per heavy atom. The van der Waals surface area contributed by atoms with Gasteiger partial charge in [0.15, 0.2) is 0 Å². The van der Waals surface area contributed by atoms with E-state index < -0.39 is 17.3 Å². The summed E-state index contributed by atoms with van der Waals surface area (Å²) in [6, 6.07) is 0. The standard InChI is InChI=1S/C5H7ClN2O4/c6-3(5(10)11)1-4(9)7-2-8-12/h2-3,12H,1H2,(H,10,11)(H,7,8,9). The number of amides is 1. The molecule has 6 nitrogen and oxygen atoms in total. The smallest absolute Gasteiger partial charge is 0.322 e. The summed E-state index contributed by atoms with van der Waals surface area (Å²) in [5.74, 6) is -1.90. The van der Waals surface area contributed by atoms with Crippen LogP contribution < -0.4 is 5.32 Å². The van der Waals surface area contributed by atoms with Crippen LogP contribution in [0, 0.1) is 0 Å². The number of rotatable bonds is 4. The van der Waals surface area contributed by atoms with Crippen LogP contribution in [0.4, 0.5) is 0 Å². The Bertz CT molecular complexity index is 206. The zero-order chi connectivity index (χ0) is 9.56. The van der Waals surface area contributed by atoms with Crippen molar-refractivity contribution in [2.24, 2.45) is 5.16 Å². The predicted molar refractivity (Wildman–Crippen MR) is 40.3 cm³/mol. The van der Waals surface area contributed by atoms with Crippen LogP contribution in [0.5, 0.6) is 0 Å². The van der Waals surface area contributed by atoms with Gasteiger partial charge in [0.25, 0.3) is 0 Å². The van der Waals surface area contributed by atoms with Crippen LogP contribution in [0.1, 0.15) is 6.42 Å². The minimum atomic E-state index is -1.27.